The number of hydrogen-bond donors (Lipinski definition) is 1. The summed E-state index contributed by atoms with van der Waals surface area (Å²) < 4.78 is 12.3. The molecule has 0 aromatic heterocycles. The minimum absolute atomic E-state index is 0.106. The fourth-order valence-corrected chi connectivity index (χ4v) is 3.35. The topological polar surface area (TPSA) is 71.3 Å². The highest BCUT2D eigenvalue weighted by Gasteiger charge is 2.14. The number of benzene rings is 3. The van der Waals surface area contributed by atoms with Gasteiger partial charge in [-0.1, -0.05) is 63.4 Å². The summed E-state index contributed by atoms with van der Waals surface area (Å²) in [4.78, 5) is 12.6. The molecule has 162 valence electrons. The molecule has 8 heteroatoms. The van der Waals surface area contributed by atoms with Gasteiger partial charge in [-0.25, -0.2) is 0 Å². The van der Waals surface area contributed by atoms with Crippen LogP contribution in [0.2, 0.25) is 10.0 Å². The van der Waals surface area contributed by atoms with Crippen molar-refractivity contribution in [3.8, 4) is 17.6 Å². The number of nitriles is 1. The number of carbonyl (C=O) groups excluding carboxylic acids is 1. The van der Waals surface area contributed by atoms with Crippen molar-refractivity contribution < 1.29 is 14.3 Å². The van der Waals surface area contributed by atoms with E-state index in [1.165, 1.54) is 6.08 Å². The van der Waals surface area contributed by atoms with E-state index >= 15 is 0 Å². The standard InChI is InChI=1S/C24H17BrCl2N2O3/c1-31-21-10-7-16(12-22(21)32-14-15-5-8-18(25)9-6-15)11-17(13-28)24(30)29-20-4-2-3-19(26)23(20)27/h2-12H,14H2,1H3,(H,29,30)/b17-11+. The first-order chi connectivity index (χ1) is 15.4. The Bertz CT molecular complexity index is 1200. The fourth-order valence-electron chi connectivity index (χ4n) is 2.74. The molecule has 0 aliphatic carbocycles. The van der Waals surface area contributed by atoms with Gasteiger partial charge in [0.05, 0.1) is 22.8 Å². The number of methoxy groups -OCH3 is 1. The number of nitrogens with one attached hydrogen (secondary N) is 1. The Kier molecular flexibility index (Phi) is 8.18. The lowest BCUT2D eigenvalue weighted by Crippen LogP contribution is -2.13. The molecule has 0 saturated heterocycles. The smallest absolute Gasteiger partial charge is 0.266 e. The second-order valence-electron chi connectivity index (χ2n) is 6.55. The first kappa shape index (κ1) is 23.7. The van der Waals surface area contributed by atoms with Gasteiger partial charge in [-0.05, 0) is 53.6 Å². The second kappa shape index (κ2) is 11.1. The lowest BCUT2D eigenvalue weighted by atomic mass is 10.1. The molecule has 0 unspecified atom stereocenters. The Morgan fingerprint density at radius 1 is 1.12 bits per heavy atom. The zero-order valence-corrected chi connectivity index (χ0v) is 20.0. The number of carbonyl (C=O) groups is 1. The molecule has 1 amide bonds. The number of ether oxygens (including phenoxy) is 2. The SMILES string of the molecule is COc1ccc(/C=C(\C#N)C(=O)Nc2cccc(Cl)c2Cl)cc1OCc1ccc(Br)cc1. The normalized spacial score (nSPS) is 10.9. The summed E-state index contributed by atoms with van der Waals surface area (Å²) in [6, 6.07) is 19.7. The maximum Gasteiger partial charge on any atom is 0.266 e. The molecule has 1 N–H and O–H groups in total. The first-order valence-electron chi connectivity index (χ1n) is 9.33. The van der Waals surface area contributed by atoms with Crippen LogP contribution in [0, 0.1) is 11.3 Å². The molecule has 0 fully saturated rings. The van der Waals surface area contributed by atoms with Gasteiger partial charge in [-0.15, -0.1) is 0 Å². The minimum atomic E-state index is -0.607. The molecule has 3 rings (SSSR count). The molecule has 0 heterocycles. The van der Waals surface area contributed by atoms with Crippen molar-refractivity contribution in [3.05, 3.63) is 91.9 Å². The summed E-state index contributed by atoms with van der Waals surface area (Å²) in [6.07, 6.45) is 1.46. The van der Waals surface area contributed by atoms with Crippen LogP contribution < -0.4 is 14.8 Å². The van der Waals surface area contributed by atoms with Gasteiger partial charge in [0.15, 0.2) is 11.5 Å². The van der Waals surface area contributed by atoms with Crippen molar-refractivity contribution in [2.45, 2.75) is 6.61 Å². The Morgan fingerprint density at radius 2 is 1.88 bits per heavy atom. The fraction of sp³-hybridized carbons (Fsp3) is 0.0833. The lowest BCUT2D eigenvalue weighted by molar-refractivity contribution is -0.112. The summed E-state index contributed by atoms with van der Waals surface area (Å²) in [5.41, 5.74) is 1.79. The molecule has 3 aromatic carbocycles. The molecule has 0 spiro atoms. The van der Waals surface area contributed by atoms with Crippen LogP contribution in [0.3, 0.4) is 0 Å². The number of hydrogen-bond acceptors (Lipinski definition) is 4. The van der Waals surface area contributed by atoms with E-state index < -0.39 is 5.91 Å². The third-order valence-corrected chi connectivity index (χ3v) is 5.72. The van der Waals surface area contributed by atoms with Gasteiger partial charge in [0.25, 0.3) is 5.91 Å². The van der Waals surface area contributed by atoms with Crippen molar-refractivity contribution in [1.82, 2.24) is 0 Å². The largest absolute Gasteiger partial charge is 0.493 e. The Hall–Kier alpha value is -2.98. The minimum Gasteiger partial charge on any atom is -0.493 e. The summed E-state index contributed by atoms with van der Waals surface area (Å²) in [5, 5.41) is 12.6. The van der Waals surface area contributed by atoms with Gasteiger partial charge in [0.2, 0.25) is 0 Å². The van der Waals surface area contributed by atoms with Gasteiger partial charge in [-0.2, -0.15) is 5.26 Å². The van der Waals surface area contributed by atoms with E-state index in [4.69, 9.17) is 32.7 Å². The number of rotatable bonds is 7. The van der Waals surface area contributed by atoms with Gasteiger partial charge in [-0.3, -0.25) is 4.79 Å². The monoisotopic (exact) mass is 530 g/mol. The number of amides is 1. The molecule has 5 nitrogen and oxygen atoms in total. The Morgan fingerprint density at radius 3 is 2.56 bits per heavy atom. The molecule has 0 aliphatic heterocycles. The Balaban J connectivity index is 1.81. The molecular weight excluding hydrogens is 515 g/mol. The maximum absolute atomic E-state index is 12.6. The Labute approximate surface area is 204 Å². The molecule has 0 aliphatic rings. The molecular formula is C24H17BrCl2N2O3. The molecule has 0 bridgehead atoms. The molecule has 0 saturated carbocycles. The number of nitrogens with zero attached hydrogens (tertiary/aromatic N) is 1. The van der Waals surface area contributed by atoms with Gasteiger partial charge in [0.1, 0.15) is 18.2 Å². The predicted octanol–water partition coefficient (Wildman–Crippen LogP) is 6.89. The first-order valence-corrected chi connectivity index (χ1v) is 10.9. The third-order valence-electron chi connectivity index (χ3n) is 4.37. The average Bonchev–Trinajstić information content (AvgIpc) is 2.80. The summed E-state index contributed by atoms with van der Waals surface area (Å²) in [5.74, 6) is 0.414. The van der Waals surface area contributed by atoms with Gasteiger partial charge in [0, 0.05) is 4.47 Å². The van der Waals surface area contributed by atoms with Crippen molar-refractivity contribution in [3.63, 3.8) is 0 Å². The van der Waals surface area contributed by atoms with Crippen LogP contribution >= 0.6 is 39.1 Å². The quantitative estimate of drug-likeness (QED) is 0.266. The van der Waals surface area contributed by atoms with Crippen LogP contribution in [0.25, 0.3) is 6.08 Å². The van der Waals surface area contributed by atoms with Crippen LogP contribution in [0.1, 0.15) is 11.1 Å². The van der Waals surface area contributed by atoms with Gasteiger partial charge >= 0.3 is 0 Å². The second-order valence-corrected chi connectivity index (χ2v) is 8.25. The van der Waals surface area contributed by atoms with Crippen LogP contribution in [0.4, 0.5) is 5.69 Å². The zero-order chi connectivity index (χ0) is 23.1. The number of halogens is 3. The molecule has 0 radical (unpaired) electrons. The van der Waals surface area contributed by atoms with Gasteiger partial charge < -0.3 is 14.8 Å². The highest BCUT2D eigenvalue weighted by molar-refractivity contribution is 9.10. The van der Waals surface area contributed by atoms with Crippen LogP contribution in [0.5, 0.6) is 11.5 Å². The predicted molar refractivity (Wildman–Crippen MR) is 130 cm³/mol. The molecule has 0 atom stereocenters. The highest BCUT2D eigenvalue weighted by Crippen LogP contribution is 2.31. The highest BCUT2D eigenvalue weighted by atomic mass is 79.9. The van der Waals surface area contributed by atoms with E-state index in [0.29, 0.717) is 34.4 Å². The molecule has 32 heavy (non-hydrogen) atoms. The maximum atomic E-state index is 12.6. The van der Waals surface area contributed by atoms with Crippen LogP contribution in [-0.4, -0.2) is 13.0 Å². The van der Waals surface area contributed by atoms with Crippen molar-refractivity contribution in [1.29, 1.82) is 5.26 Å². The summed E-state index contributed by atoms with van der Waals surface area (Å²) in [6.45, 7) is 0.329. The summed E-state index contributed by atoms with van der Waals surface area (Å²) >= 11 is 15.5. The van der Waals surface area contributed by atoms with E-state index in [0.717, 1.165) is 10.0 Å². The summed E-state index contributed by atoms with van der Waals surface area (Å²) in [7, 11) is 1.54. The molecule has 3 aromatic rings. The van der Waals surface area contributed by atoms with Crippen LogP contribution in [-0.2, 0) is 11.4 Å². The zero-order valence-electron chi connectivity index (χ0n) is 16.9. The van der Waals surface area contributed by atoms with Crippen molar-refractivity contribution in [2.24, 2.45) is 0 Å². The van der Waals surface area contributed by atoms with E-state index in [2.05, 4.69) is 21.2 Å². The van der Waals surface area contributed by atoms with E-state index in [1.807, 2.05) is 30.3 Å². The number of anilines is 1. The van der Waals surface area contributed by atoms with E-state index in [1.54, 1.807) is 43.5 Å². The third kappa shape index (κ3) is 6.04. The van der Waals surface area contributed by atoms with Crippen molar-refractivity contribution >= 4 is 56.8 Å². The van der Waals surface area contributed by atoms with Crippen molar-refractivity contribution in [2.75, 3.05) is 12.4 Å². The average molecular weight is 532 g/mol. The lowest BCUT2D eigenvalue weighted by Gasteiger charge is -2.12. The van der Waals surface area contributed by atoms with E-state index in [-0.39, 0.29) is 10.6 Å². The van der Waals surface area contributed by atoms with E-state index in [9.17, 15) is 10.1 Å². The van der Waals surface area contributed by atoms with Crippen LogP contribution in [0.15, 0.2) is 70.7 Å².